The third-order valence-electron chi connectivity index (χ3n) is 2.04. The number of nitriles is 1. The predicted octanol–water partition coefficient (Wildman–Crippen LogP) is 3.10. The van der Waals surface area contributed by atoms with Crippen molar-refractivity contribution in [2.75, 3.05) is 0 Å². The van der Waals surface area contributed by atoms with Crippen molar-refractivity contribution in [3.8, 4) is 6.07 Å². The fourth-order valence-corrected chi connectivity index (χ4v) is 1.67. The molecule has 0 saturated heterocycles. The lowest BCUT2D eigenvalue weighted by atomic mass is 9.97. The molecule has 0 aliphatic rings. The lowest BCUT2D eigenvalue weighted by molar-refractivity contribution is 0.0956. The molecule has 1 rings (SSSR count). The lowest BCUT2D eigenvalue weighted by Gasteiger charge is -2.06. The minimum absolute atomic E-state index is 0.113. The number of rotatable bonds is 2. The highest BCUT2D eigenvalue weighted by Crippen LogP contribution is 2.18. The quantitative estimate of drug-likeness (QED) is 0.759. The number of ketones is 1. The summed E-state index contributed by atoms with van der Waals surface area (Å²) in [5.41, 5.74) is 1.52. The molecule has 2 nitrogen and oxygen atoms in total. The van der Waals surface area contributed by atoms with E-state index in [0.29, 0.717) is 5.56 Å². The van der Waals surface area contributed by atoms with Crippen LogP contribution in [0.3, 0.4) is 0 Å². The highest BCUT2D eigenvalue weighted by atomic mass is 79.9. The summed E-state index contributed by atoms with van der Waals surface area (Å²) in [7, 11) is 0. The topological polar surface area (TPSA) is 40.9 Å². The van der Waals surface area contributed by atoms with E-state index in [1.165, 1.54) is 0 Å². The van der Waals surface area contributed by atoms with Crippen molar-refractivity contribution in [3.05, 3.63) is 33.8 Å². The largest absolute Gasteiger partial charge is 0.293 e. The maximum atomic E-state index is 11.7. The van der Waals surface area contributed by atoms with Gasteiger partial charge in [-0.15, -0.1) is 0 Å². The maximum Gasteiger partial charge on any atom is 0.179 e. The first-order valence-electron chi connectivity index (χ1n) is 4.26. The van der Waals surface area contributed by atoms with Crippen molar-refractivity contribution in [1.29, 1.82) is 5.26 Å². The third-order valence-corrected chi connectivity index (χ3v) is 2.53. The van der Waals surface area contributed by atoms with Crippen molar-refractivity contribution < 1.29 is 4.79 Å². The van der Waals surface area contributed by atoms with Crippen molar-refractivity contribution in [2.45, 2.75) is 13.8 Å². The maximum absolute atomic E-state index is 11.7. The molecule has 0 aliphatic heterocycles. The van der Waals surface area contributed by atoms with Gasteiger partial charge in [0.2, 0.25) is 0 Å². The normalized spacial score (nSPS) is 11.9. The molecule has 1 unspecified atom stereocenters. The molecule has 1 aromatic carbocycles. The van der Waals surface area contributed by atoms with Crippen LogP contribution in [0.5, 0.6) is 0 Å². The molecule has 0 spiro atoms. The summed E-state index contributed by atoms with van der Waals surface area (Å²) in [6, 6.07) is 7.37. The second kappa shape index (κ2) is 4.39. The summed E-state index contributed by atoms with van der Waals surface area (Å²) in [5, 5.41) is 8.63. The van der Waals surface area contributed by atoms with Crippen molar-refractivity contribution in [2.24, 2.45) is 5.92 Å². The molecule has 0 bridgehead atoms. The van der Waals surface area contributed by atoms with Crippen LogP contribution in [0.4, 0.5) is 0 Å². The van der Waals surface area contributed by atoms with Gasteiger partial charge in [-0.05, 0) is 37.6 Å². The van der Waals surface area contributed by atoms with Gasteiger partial charge in [-0.25, -0.2) is 0 Å². The smallest absolute Gasteiger partial charge is 0.179 e. The number of aryl methyl sites for hydroxylation is 1. The molecule has 0 fully saturated rings. The third kappa shape index (κ3) is 2.21. The summed E-state index contributed by atoms with van der Waals surface area (Å²) >= 11 is 3.32. The van der Waals surface area contributed by atoms with Crippen LogP contribution in [0.15, 0.2) is 22.7 Å². The molecule has 0 saturated carbocycles. The Hall–Kier alpha value is -1.14. The number of carbonyl (C=O) groups excluding carboxylic acids is 1. The molecule has 0 heterocycles. The van der Waals surface area contributed by atoms with E-state index < -0.39 is 5.92 Å². The van der Waals surface area contributed by atoms with Gasteiger partial charge in [-0.3, -0.25) is 4.79 Å². The van der Waals surface area contributed by atoms with Gasteiger partial charge in [0.1, 0.15) is 5.92 Å². The predicted molar refractivity (Wildman–Crippen MR) is 58.0 cm³/mol. The van der Waals surface area contributed by atoms with Gasteiger partial charge in [0, 0.05) is 10.0 Å². The number of carbonyl (C=O) groups is 1. The van der Waals surface area contributed by atoms with Crippen LogP contribution < -0.4 is 0 Å². The fraction of sp³-hybridized carbons (Fsp3) is 0.273. The van der Waals surface area contributed by atoms with Crippen LogP contribution in [0.25, 0.3) is 0 Å². The van der Waals surface area contributed by atoms with E-state index in [9.17, 15) is 4.79 Å². The number of hydrogen-bond donors (Lipinski definition) is 0. The summed E-state index contributed by atoms with van der Waals surface area (Å²) in [6.45, 7) is 3.48. The number of Topliss-reactive ketones (excluding diaryl/α,β-unsaturated/α-hetero) is 1. The van der Waals surface area contributed by atoms with E-state index in [-0.39, 0.29) is 5.78 Å². The van der Waals surface area contributed by atoms with Gasteiger partial charge in [0.05, 0.1) is 6.07 Å². The zero-order valence-corrected chi connectivity index (χ0v) is 9.63. The van der Waals surface area contributed by atoms with Crippen LogP contribution in [0.2, 0.25) is 0 Å². The zero-order chi connectivity index (χ0) is 10.7. The van der Waals surface area contributed by atoms with Crippen LogP contribution >= 0.6 is 15.9 Å². The highest BCUT2D eigenvalue weighted by molar-refractivity contribution is 9.10. The second-order valence-corrected chi connectivity index (χ2v) is 4.09. The van der Waals surface area contributed by atoms with Crippen molar-refractivity contribution >= 4 is 21.7 Å². The molecule has 0 N–H and O–H groups in total. The number of benzene rings is 1. The van der Waals surface area contributed by atoms with Gasteiger partial charge in [-0.2, -0.15) is 5.26 Å². The van der Waals surface area contributed by atoms with Gasteiger partial charge >= 0.3 is 0 Å². The monoisotopic (exact) mass is 251 g/mol. The van der Waals surface area contributed by atoms with Gasteiger partial charge in [-0.1, -0.05) is 15.9 Å². The van der Waals surface area contributed by atoms with Crippen LogP contribution in [0, 0.1) is 24.2 Å². The van der Waals surface area contributed by atoms with E-state index in [4.69, 9.17) is 5.26 Å². The van der Waals surface area contributed by atoms with Crippen molar-refractivity contribution in [1.82, 2.24) is 0 Å². The summed E-state index contributed by atoms with van der Waals surface area (Å²) < 4.78 is 0.941. The molecule has 1 aromatic rings. The minimum atomic E-state index is -0.574. The summed E-state index contributed by atoms with van der Waals surface area (Å²) in [4.78, 5) is 11.7. The van der Waals surface area contributed by atoms with Crippen LogP contribution in [-0.4, -0.2) is 5.78 Å². The Labute approximate surface area is 91.7 Å². The Bertz CT molecular complexity index is 406. The summed E-state index contributed by atoms with van der Waals surface area (Å²) in [6.07, 6.45) is 0. The van der Waals surface area contributed by atoms with E-state index in [1.54, 1.807) is 13.0 Å². The van der Waals surface area contributed by atoms with E-state index in [2.05, 4.69) is 15.9 Å². The van der Waals surface area contributed by atoms with E-state index in [1.807, 2.05) is 25.1 Å². The average Bonchev–Trinajstić information content (AvgIpc) is 2.15. The first-order chi connectivity index (χ1) is 6.56. The molecular formula is C11H10BrNO. The van der Waals surface area contributed by atoms with Crippen LogP contribution in [0.1, 0.15) is 22.8 Å². The minimum Gasteiger partial charge on any atom is -0.293 e. The summed E-state index contributed by atoms with van der Waals surface area (Å²) in [5.74, 6) is -0.688. The van der Waals surface area contributed by atoms with Crippen molar-refractivity contribution in [3.63, 3.8) is 0 Å². The van der Waals surface area contributed by atoms with Gasteiger partial charge < -0.3 is 0 Å². The molecule has 72 valence electrons. The Kier molecular flexibility index (Phi) is 3.43. The van der Waals surface area contributed by atoms with E-state index in [0.717, 1.165) is 10.0 Å². The standard InChI is InChI=1S/C11H10BrNO/c1-7-5-9(12)3-4-10(7)11(14)8(2)6-13/h3-5,8H,1-2H3. The molecule has 3 heteroatoms. The Morgan fingerprint density at radius 1 is 1.57 bits per heavy atom. The number of hydrogen-bond acceptors (Lipinski definition) is 2. The molecule has 1 atom stereocenters. The molecule has 0 amide bonds. The number of nitrogens with zero attached hydrogens (tertiary/aromatic N) is 1. The zero-order valence-electron chi connectivity index (χ0n) is 8.04. The second-order valence-electron chi connectivity index (χ2n) is 3.17. The lowest BCUT2D eigenvalue weighted by Crippen LogP contribution is -2.10. The van der Waals surface area contributed by atoms with E-state index >= 15 is 0 Å². The first-order valence-corrected chi connectivity index (χ1v) is 5.05. The van der Waals surface area contributed by atoms with Gasteiger partial charge in [0.15, 0.2) is 5.78 Å². The fourth-order valence-electron chi connectivity index (χ4n) is 1.20. The Morgan fingerprint density at radius 3 is 2.71 bits per heavy atom. The van der Waals surface area contributed by atoms with Crippen LogP contribution in [-0.2, 0) is 0 Å². The molecular weight excluding hydrogens is 242 g/mol. The highest BCUT2D eigenvalue weighted by Gasteiger charge is 2.15. The first kappa shape index (κ1) is 10.9. The molecule has 0 aromatic heterocycles. The number of halogens is 1. The Morgan fingerprint density at radius 2 is 2.21 bits per heavy atom. The molecule has 0 radical (unpaired) electrons. The Balaban J connectivity index is 3.09. The average molecular weight is 252 g/mol. The molecule has 14 heavy (non-hydrogen) atoms. The molecule has 0 aliphatic carbocycles. The SMILES string of the molecule is Cc1cc(Br)ccc1C(=O)C(C)C#N. The van der Waals surface area contributed by atoms with Gasteiger partial charge in [0.25, 0.3) is 0 Å².